The van der Waals surface area contributed by atoms with Gasteiger partial charge in [-0.15, -0.1) is 0 Å². The molecule has 0 radical (unpaired) electrons. The maximum Gasteiger partial charge on any atom is 1.00 e. The number of fused-ring (bicyclic) bond motifs is 1. The van der Waals surface area contributed by atoms with Crippen molar-refractivity contribution in [3.05, 3.63) is 12.3 Å². The summed E-state index contributed by atoms with van der Waals surface area (Å²) >= 11 is 0. The van der Waals surface area contributed by atoms with Crippen molar-refractivity contribution in [1.82, 2.24) is 4.98 Å². The number of nitrogens with one attached hydrogen (secondary N) is 1. The largest absolute Gasteiger partial charge is 1.00 e. The summed E-state index contributed by atoms with van der Waals surface area (Å²) in [6.07, 6.45) is 0.797. The van der Waals surface area contributed by atoms with E-state index in [0.717, 1.165) is 12.3 Å². The summed E-state index contributed by atoms with van der Waals surface area (Å²) in [6, 6.07) is 1.03. The number of hydrogen-bond acceptors (Lipinski definition) is 3. The van der Waals surface area contributed by atoms with E-state index >= 15 is 0 Å². The van der Waals surface area contributed by atoms with Crippen molar-refractivity contribution in [3.8, 4) is 5.88 Å². The van der Waals surface area contributed by atoms with Crippen molar-refractivity contribution in [2.24, 2.45) is 0 Å². The quantitative estimate of drug-likeness (QED) is 0.575. The number of pyridine rings is 1. The molecule has 0 aromatic carbocycles. The molecule has 0 fully saturated rings. The van der Waals surface area contributed by atoms with Crippen LogP contribution in [0.15, 0.2) is 12.3 Å². The molecule has 1 N–H and O–H groups in total. The molecule has 15 heavy (non-hydrogen) atoms. The number of halogens is 3. The van der Waals surface area contributed by atoms with E-state index < -0.39 is 12.4 Å². The second kappa shape index (κ2) is 5.05. The van der Waals surface area contributed by atoms with Crippen molar-refractivity contribution < 1.29 is 69.1 Å². The third kappa shape index (κ3) is 3.10. The molecular formula is C7H7BF3KN2O. The minimum Gasteiger partial charge on any atom is -0.474 e. The Morgan fingerprint density at radius 1 is 1.40 bits per heavy atom. The minimum absolute atomic E-state index is 0. The average molecular weight is 242 g/mol. The van der Waals surface area contributed by atoms with Gasteiger partial charge in [0.1, 0.15) is 6.61 Å². The van der Waals surface area contributed by atoms with Gasteiger partial charge in [-0.05, 0) is 0 Å². The van der Waals surface area contributed by atoms with Gasteiger partial charge in [0, 0.05) is 12.7 Å². The molecule has 0 saturated heterocycles. The molecule has 2 heterocycles. The van der Waals surface area contributed by atoms with Gasteiger partial charge in [0.25, 0.3) is 0 Å². The van der Waals surface area contributed by atoms with Gasteiger partial charge in [0.05, 0.1) is 5.69 Å². The smallest absolute Gasteiger partial charge is 0.474 e. The fourth-order valence-electron chi connectivity index (χ4n) is 1.22. The number of ether oxygens (including phenoxy) is 1. The Balaban J connectivity index is 0.00000112. The van der Waals surface area contributed by atoms with Gasteiger partial charge in [-0.25, -0.2) is 4.98 Å². The predicted octanol–water partition coefficient (Wildman–Crippen LogP) is -2.06. The molecule has 1 aromatic rings. The molecule has 0 unspecified atom stereocenters. The summed E-state index contributed by atoms with van der Waals surface area (Å²) in [5.74, 6) is 0.236. The van der Waals surface area contributed by atoms with Crippen molar-refractivity contribution in [3.63, 3.8) is 0 Å². The minimum atomic E-state index is -4.99. The molecule has 8 heteroatoms. The topological polar surface area (TPSA) is 34.2 Å². The SMILES string of the molecule is F[B-](F)(F)c1cnc2c(c1)NCCO2.[K+]. The Morgan fingerprint density at radius 3 is 2.80 bits per heavy atom. The average Bonchev–Trinajstić information content (AvgIpc) is 2.16. The van der Waals surface area contributed by atoms with E-state index in [1.807, 2.05) is 0 Å². The first-order valence-electron chi connectivity index (χ1n) is 4.14. The zero-order valence-electron chi connectivity index (χ0n) is 8.14. The molecule has 0 spiro atoms. The molecule has 0 amide bonds. The molecule has 1 aliphatic rings. The zero-order chi connectivity index (χ0) is 10.2. The van der Waals surface area contributed by atoms with E-state index in [1.54, 1.807) is 0 Å². The molecule has 1 aromatic heterocycles. The van der Waals surface area contributed by atoms with Crippen molar-refractivity contribution in [2.75, 3.05) is 18.5 Å². The van der Waals surface area contributed by atoms with Crippen LogP contribution in [0.5, 0.6) is 5.88 Å². The van der Waals surface area contributed by atoms with E-state index in [2.05, 4.69) is 10.3 Å². The first kappa shape index (κ1) is 13.3. The molecular weight excluding hydrogens is 235 g/mol. The summed E-state index contributed by atoms with van der Waals surface area (Å²) in [5, 5.41) is 2.80. The van der Waals surface area contributed by atoms with Gasteiger partial charge < -0.3 is 23.0 Å². The maximum absolute atomic E-state index is 12.3. The van der Waals surface area contributed by atoms with Gasteiger partial charge >= 0.3 is 58.4 Å². The molecule has 0 aliphatic carbocycles. The van der Waals surface area contributed by atoms with Gasteiger partial charge in [-0.1, -0.05) is 11.5 Å². The van der Waals surface area contributed by atoms with Crippen LogP contribution in [0.3, 0.4) is 0 Å². The molecule has 76 valence electrons. The summed E-state index contributed by atoms with van der Waals surface area (Å²) in [6.45, 7) is -4.06. The Morgan fingerprint density at radius 2 is 2.13 bits per heavy atom. The van der Waals surface area contributed by atoms with E-state index in [9.17, 15) is 12.9 Å². The summed E-state index contributed by atoms with van der Waals surface area (Å²) in [7, 11) is 0. The molecule has 0 bridgehead atoms. The second-order valence-corrected chi connectivity index (χ2v) is 2.97. The van der Waals surface area contributed by atoms with Crippen LogP contribution in [0.25, 0.3) is 0 Å². The van der Waals surface area contributed by atoms with Gasteiger partial charge in [0.15, 0.2) is 0 Å². The predicted molar refractivity (Wildman–Crippen MR) is 46.9 cm³/mol. The van der Waals surface area contributed by atoms with Gasteiger partial charge in [-0.3, -0.25) is 0 Å². The number of hydrogen-bond donors (Lipinski definition) is 1. The van der Waals surface area contributed by atoms with Crippen LogP contribution in [-0.4, -0.2) is 25.1 Å². The third-order valence-corrected chi connectivity index (χ3v) is 1.91. The first-order valence-corrected chi connectivity index (χ1v) is 4.14. The first-order chi connectivity index (χ1) is 6.57. The van der Waals surface area contributed by atoms with E-state index in [1.165, 1.54) is 0 Å². The summed E-state index contributed by atoms with van der Waals surface area (Å²) in [4.78, 5) is 3.60. The Hall–Kier alpha value is 0.241. The summed E-state index contributed by atoms with van der Waals surface area (Å²) < 4.78 is 42.0. The standard InChI is InChI=1S/C7H7BF3N2O.K/c9-8(10,11)5-3-6-7(13-4-5)14-2-1-12-6;/h3-4,12H,1-2H2;/q-1;+1. The zero-order valence-corrected chi connectivity index (χ0v) is 11.3. The third-order valence-electron chi connectivity index (χ3n) is 1.91. The Bertz CT molecular complexity index is 361. The number of nitrogens with zero attached hydrogens (tertiary/aromatic N) is 1. The molecule has 1 aliphatic heterocycles. The van der Waals surface area contributed by atoms with E-state index in [-0.39, 0.29) is 57.3 Å². The molecule has 2 rings (SSSR count). The Labute approximate surface area is 127 Å². The monoisotopic (exact) mass is 242 g/mol. The van der Waals surface area contributed by atoms with Crippen LogP contribution in [0.2, 0.25) is 0 Å². The number of aromatic nitrogens is 1. The van der Waals surface area contributed by atoms with Crippen LogP contribution in [0.1, 0.15) is 0 Å². The number of rotatable bonds is 1. The fraction of sp³-hybridized carbons (Fsp3) is 0.286. The van der Waals surface area contributed by atoms with E-state index in [0.29, 0.717) is 18.8 Å². The summed E-state index contributed by atoms with van der Waals surface area (Å²) in [5.41, 5.74) is -0.394. The van der Waals surface area contributed by atoms with E-state index in [4.69, 9.17) is 4.74 Å². The Kier molecular flexibility index (Phi) is 4.48. The maximum atomic E-state index is 12.3. The van der Waals surface area contributed by atoms with Crippen LogP contribution in [0.4, 0.5) is 18.6 Å². The van der Waals surface area contributed by atoms with Crippen LogP contribution >= 0.6 is 0 Å². The van der Waals surface area contributed by atoms with Crippen LogP contribution in [0, 0.1) is 0 Å². The molecule has 0 saturated carbocycles. The number of anilines is 1. The van der Waals surface area contributed by atoms with Gasteiger partial charge in [-0.2, -0.15) is 0 Å². The van der Waals surface area contributed by atoms with Crippen molar-refractivity contribution in [2.45, 2.75) is 0 Å². The molecule has 0 atom stereocenters. The van der Waals surface area contributed by atoms with Crippen molar-refractivity contribution >= 4 is 18.1 Å². The fourth-order valence-corrected chi connectivity index (χ4v) is 1.22. The second-order valence-electron chi connectivity index (χ2n) is 2.97. The van der Waals surface area contributed by atoms with Crippen LogP contribution < -0.4 is 66.9 Å². The van der Waals surface area contributed by atoms with Gasteiger partial charge in [0.2, 0.25) is 5.88 Å². The van der Waals surface area contributed by atoms with Crippen LogP contribution in [-0.2, 0) is 0 Å². The van der Waals surface area contributed by atoms with Crippen molar-refractivity contribution in [1.29, 1.82) is 0 Å². The molecule has 3 nitrogen and oxygen atoms in total. The normalized spacial score (nSPS) is 14.3.